The van der Waals surface area contributed by atoms with Crippen molar-refractivity contribution in [1.29, 1.82) is 0 Å². The van der Waals surface area contributed by atoms with Crippen molar-refractivity contribution in [2.45, 2.75) is 19.9 Å². The fraction of sp³-hybridized carbons (Fsp3) is 0.217. The monoisotopic (exact) mass is 361 g/mol. The Hall–Kier alpha value is -3.14. The predicted molar refractivity (Wildman–Crippen MR) is 106 cm³/mol. The molecule has 3 aromatic carbocycles. The van der Waals surface area contributed by atoms with E-state index < -0.39 is 0 Å². The lowest BCUT2D eigenvalue weighted by molar-refractivity contribution is -0.143. The second kappa shape index (κ2) is 8.99. The van der Waals surface area contributed by atoms with E-state index in [0.717, 1.165) is 16.3 Å². The average molecular weight is 361 g/mol. The summed E-state index contributed by atoms with van der Waals surface area (Å²) in [6.45, 7) is 2.88. The van der Waals surface area contributed by atoms with Crippen molar-refractivity contribution in [3.05, 3.63) is 83.9 Å². The van der Waals surface area contributed by atoms with Gasteiger partial charge in [-0.25, -0.2) is 0 Å². The van der Waals surface area contributed by atoms with Crippen LogP contribution >= 0.6 is 0 Å². The summed E-state index contributed by atoms with van der Waals surface area (Å²) in [6, 6.07) is 23.4. The summed E-state index contributed by atoms with van der Waals surface area (Å²) in [7, 11) is 0. The van der Waals surface area contributed by atoms with E-state index in [9.17, 15) is 9.59 Å². The number of carbonyl (C=O) groups is 2. The van der Waals surface area contributed by atoms with Crippen molar-refractivity contribution in [2.75, 3.05) is 13.2 Å². The fourth-order valence-corrected chi connectivity index (χ4v) is 3.10. The van der Waals surface area contributed by atoms with Crippen LogP contribution in [0.25, 0.3) is 10.8 Å². The van der Waals surface area contributed by atoms with Crippen LogP contribution < -0.4 is 0 Å². The van der Waals surface area contributed by atoms with Crippen LogP contribution in [0.1, 0.15) is 29.3 Å². The number of carbonyl (C=O) groups excluding carboxylic acids is 2. The number of amides is 1. The Labute approximate surface area is 159 Å². The van der Waals surface area contributed by atoms with Crippen molar-refractivity contribution >= 4 is 22.6 Å². The molecule has 0 heterocycles. The van der Waals surface area contributed by atoms with Gasteiger partial charge < -0.3 is 9.64 Å². The van der Waals surface area contributed by atoms with Crippen LogP contribution in [0.3, 0.4) is 0 Å². The molecule has 0 N–H and O–H groups in total. The molecule has 0 aliphatic rings. The van der Waals surface area contributed by atoms with Crippen LogP contribution in [-0.4, -0.2) is 29.9 Å². The Morgan fingerprint density at radius 3 is 2.37 bits per heavy atom. The fourth-order valence-electron chi connectivity index (χ4n) is 3.10. The maximum Gasteiger partial charge on any atom is 0.307 e. The lowest BCUT2D eigenvalue weighted by Gasteiger charge is -2.23. The van der Waals surface area contributed by atoms with Gasteiger partial charge in [0.25, 0.3) is 5.91 Å². The molecule has 0 bridgehead atoms. The molecular formula is C23H23NO3. The van der Waals surface area contributed by atoms with Crippen LogP contribution in [0, 0.1) is 0 Å². The zero-order valence-electron chi connectivity index (χ0n) is 15.4. The SMILES string of the molecule is CCOC(=O)CCN(Cc1ccccc1)C(=O)c1cccc2ccccc12. The Morgan fingerprint density at radius 1 is 0.889 bits per heavy atom. The number of rotatable bonds is 7. The zero-order chi connectivity index (χ0) is 19.1. The van der Waals surface area contributed by atoms with Gasteiger partial charge in [-0.2, -0.15) is 0 Å². The molecule has 0 saturated heterocycles. The zero-order valence-corrected chi connectivity index (χ0v) is 15.4. The summed E-state index contributed by atoms with van der Waals surface area (Å²) >= 11 is 0. The second-order valence-corrected chi connectivity index (χ2v) is 6.29. The predicted octanol–water partition coefficient (Wildman–Crippen LogP) is 4.44. The Balaban J connectivity index is 1.88. The first-order valence-electron chi connectivity index (χ1n) is 9.15. The molecule has 0 fully saturated rings. The highest BCUT2D eigenvalue weighted by Crippen LogP contribution is 2.21. The largest absolute Gasteiger partial charge is 0.466 e. The summed E-state index contributed by atoms with van der Waals surface area (Å²) in [6.07, 6.45) is 0.178. The lowest BCUT2D eigenvalue weighted by Crippen LogP contribution is -2.33. The molecule has 0 unspecified atom stereocenters. The van der Waals surface area contributed by atoms with Crippen molar-refractivity contribution < 1.29 is 14.3 Å². The first kappa shape index (κ1) is 18.6. The van der Waals surface area contributed by atoms with Gasteiger partial charge in [-0.15, -0.1) is 0 Å². The molecule has 138 valence electrons. The van der Waals surface area contributed by atoms with Gasteiger partial charge in [0, 0.05) is 18.7 Å². The van der Waals surface area contributed by atoms with E-state index >= 15 is 0 Å². The number of nitrogens with zero attached hydrogens (tertiary/aromatic N) is 1. The van der Waals surface area contributed by atoms with E-state index in [4.69, 9.17) is 4.74 Å². The third kappa shape index (κ3) is 4.73. The summed E-state index contributed by atoms with van der Waals surface area (Å²) in [5.74, 6) is -0.374. The van der Waals surface area contributed by atoms with Gasteiger partial charge in [-0.3, -0.25) is 9.59 Å². The molecule has 0 aliphatic heterocycles. The summed E-state index contributed by atoms with van der Waals surface area (Å²) < 4.78 is 5.02. The first-order valence-corrected chi connectivity index (χ1v) is 9.15. The minimum Gasteiger partial charge on any atom is -0.466 e. The summed E-state index contributed by atoms with van der Waals surface area (Å²) in [5.41, 5.74) is 1.67. The molecule has 4 heteroatoms. The Morgan fingerprint density at radius 2 is 1.59 bits per heavy atom. The molecule has 4 nitrogen and oxygen atoms in total. The second-order valence-electron chi connectivity index (χ2n) is 6.29. The topological polar surface area (TPSA) is 46.6 Å². The first-order chi connectivity index (χ1) is 13.2. The van der Waals surface area contributed by atoms with Gasteiger partial charge in [0.05, 0.1) is 13.0 Å². The highest BCUT2D eigenvalue weighted by molar-refractivity contribution is 6.07. The molecule has 0 aromatic heterocycles. The van der Waals surface area contributed by atoms with Gasteiger partial charge in [0.2, 0.25) is 0 Å². The van der Waals surface area contributed by atoms with Crippen LogP contribution in [0.2, 0.25) is 0 Å². The van der Waals surface area contributed by atoms with Crippen molar-refractivity contribution in [3.8, 4) is 0 Å². The number of ether oxygens (including phenoxy) is 1. The Bertz CT molecular complexity index is 916. The summed E-state index contributed by atoms with van der Waals surface area (Å²) in [5, 5.41) is 1.94. The van der Waals surface area contributed by atoms with Crippen molar-refractivity contribution in [2.24, 2.45) is 0 Å². The Kier molecular flexibility index (Phi) is 6.21. The lowest BCUT2D eigenvalue weighted by atomic mass is 10.0. The molecule has 0 saturated carbocycles. The van der Waals surface area contributed by atoms with E-state index in [0.29, 0.717) is 25.3 Å². The average Bonchev–Trinajstić information content (AvgIpc) is 2.71. The molecule has 3 aromatic rings. The molecule has 0 atom stereocenters. The molecule has 27 heavy (non-hydrogen) atoms. The molecule has 0 radical (unpaired) electrons. The van der Waals surface area contributed by atoms with Gasteiger partial charge >= 0.3 is 5.97 Å². The number of esters is 1. The third-order valence-electron chi connectivity index (χ3n) is 4.41. The number of benzene rings is 3. The maximum absolute atomic E-state index is 13.3. The van der Waals surface area contributed by atoms with E-state index in [1.165, 1.54) is 0 Å². The molecule has 0 aliphatic carbocycles. The van der Waals surface area contributed by atoms with E-state index in [2.05, 4.69) is 0 Å². The third-order valence-corrected chi connectivity index (χ3v) is 4.41. The van der Waals surface area contributed by atoms with Gasteiger partial charge in [0.1, 0.15) is 0 Å². The highest BCUT2D eigenvalue weighted by Gasteiger charge is 2.19. The molecule has 1 amide bonds. The molecule has 3 rings (SSSR count). The molecular weight excluding hydrogens is 338 g/mol. The molecule has 0 spiro atoms. The maximum atomic E-state index is 13.3. The van der Waals surface area contributed by atoms with Crippen LogP contribution in [0.5, 0.6) is 0 Å². The smallest absolute Gasteiger partial charge is 0.307 e. The number of hydrogen-bond donors (Lipinski definition) is 0. The quantitative estimate of drug-likeness (QED) is 0.585. The van der Waals surface area contributed by atoms with Crippen LogP contribution in [0.4, 0.5) is 0 Å². The van der Waals surface area contributed by atoms with Crippen molar-refractivity contribution in [3.63, 3.8) is 0 Å². The van der Waals surface area contributed by atoms with E-state index in [1.54, 1.807) is 11.8 Å². The summed E-state index contributed by atoms with van der Waals surface area (Å²) in [4.78, 5) is 26.8. The normalized spacial score (nSPS) is 10.6. The standard InChI is InChI=1S/C23H23NO3/c1-2-27-22(25)15-16-24(17-18-9-4-3-5-10-18)23(26)21-14-8-12-19-11-6-7-13-20(19)21/h3-14H,2,15-17H2,1H3. The number of hydrogen-bond acceptors (Lipinski definition) is 3. The minimum absolute atomic E-state index is 0.0834. The van der Waals surface area contributed by atoms with Gasteiger partial charge in [0.15, 0.2) is 0 Å². The van der Waals surface area contributed by atoms with Crippen molar-refractivity contribution in [1.82, 2.24) is 4.90 Å². The van der Waals surface area contributed by atoms with Crippen LogP contribution in [-0.2, 0) is 16.1 Å². The highest BCUT2D eigenvalue weighted by atomic mass is 16.5. The van der Waals surface area contributed by atoms with E-state index in [-0.39, 0.29) is 18.3 Å². The number of fused-ring (bicyclic) bond motifs is 1. The minimum atomic E-state index is -0.290. The van der Waals surface area contributed by atoms with Gasteiger partial charge in [-0.05, 0) is 29.3 Å². The van der Waals surface area contributed by atoms with Crippen LogP contribution in [0.15, 0.2) is 72.8 Å². The van der Waals surface area contributed by atoms with Gasteiger partial charge in [-0.1, -0.05) is 66.7 Å². The van der Waals surface area contributed by atoms with E-state index in [1.807, 2.05) is 72.8 Å².